The van der Waals surface area contributed by atoms with Crippen molar-refractivity contribution in [2.45, 2.75) is 25.2 Å². The zero-order valence-corrected chi connectivity index (χ0v) is 12.6. The van der Waals surface area contributed by atoms with Gasteiger partial charge in [-0.1, -0.05) is 28.9 Å². The van der Waals surface area contributed by atoms with Gasteiger partial charge in [0.25, 0.3) is 0 Å². The van der Waals surface area contributed by atoms with Crippen LogP contribution < -0.4 is 4.90 Å². The van der Waals surface area contributed by atoms with Crippen molar-refractivity contribution in [3.63, 3.8) is 0 Å². The van der Waals surface area contributed by atoms with Gasteiger partial charge in [-0.05, 0) is 24.6 Å². The van der Waals surface area contributed by atoms with Crippen LogP contribution in [0.3, 0.4) is 0 Å². The fourth-order valence-corrected chi connectivity index (χ4v) is 3.82. The van der Waals surface area contributed by atoms with Crippen molar-refractivity contribution in [1.82, 2.24) is 0 Å². The van der Waals surface area contributed by atoms with Crippen molar-refractivity contribution in [2.75, 3.05) is 23.7 Å². The molecule has 1 aliphatic heterocycles. The summed E-state index contributed by atoms with van der Waals surface area (Å²) in [4.78, 5) is 2.41. The Balaban J connectivity index is 2.19. The molecule has 1 fully saturated rings. The van der Waals surface area contributed by atoms with Crippen molar-refractivity contribution in [3.05, 3.63) is 28.2 Å². The van der Waals surface area contributed by atoms with E-state index < -0.39 is 6.10 Å². The minimum atomic E-state index is -0.422. The van der Waals surface area contributed by atoms with Crippen molar-refractivity contribution in [3.8, 4) is 0 Å². The van der Waals surface area contributed by atoms with Gasteiger partial charge in [0, 0.05) is 34.3 Å². The highest BCUT2D eigenvalue weighted by atomic mass is 79.9. The Bertz CT molecular complexity index is 397. The van der Waals surface area contributed by atoms with E-state index in [-0.39, 0.29) is 0 Å². The molecule has 2 rings (SSSR count). The summed E-state index contributed by atoms with van der Waals surface area (Å²) < 4.78 is 0.996. The molecule has 0 aliphatic carbocycles. The second-order valence-electron chi connectivity index (χ2n) is 4.51. The summed E-state index contributed by atoms with van der Waals surface area (Å²) in [5, 5.41) is 10.3. The van der Waals surface area contributed by atoms with Crippen LogP contribution in [-0.4, -0.2) is 29.2 Å². The maximum absolute atomic E-state index is 9.60. The number of hydrogen-bond donors (Lipinski definition) is 1. The Morgan fingerprint density at radius 3 is 2.88 bits per heavy atom. The minimum absolute atomic E-state index is 0.422. The first-order valence-electron chi connectivity index (χ1n) is 5.92. The van der Waals surface area contributed by atoms with Crippen LogP contribution in [0.1, 0.15) is 25.5 Å². The van der Waals surface area contributed by atoms with Crippen molar-refractivity contribution in [2.24, 2.45) is 0 Å². The first-order chi connectivity index (χ1) is 8.08. The van der Waals surface area contributed by atoms with Gasteiger partial charge in [0.2, 0.25) is 0 Å². The van der Waals surface area contributed by atoms with Crippen LogP contribution in [0.2, 0.25) is 0 Å². The molecule has 0 aromatic heterocycles. The summed E-state index contributed by atoms with van der Waals surface area (Å²) in [6.45, 7) is 6.27. The number of aliphatic hydroxyl groups excluding tert-OH is 1. The smallest absolute Gasteiger partial charge is 0.0772 e. The predicted octanol–water partition coefficient (Wildman–Crippen LogP) is 3.44. The molecule has 1 N–H and O–H groups in total. The largest absolute Gasteiger partial charge is 0.389 e. The van der Waals surface area contributed by atoms with Crippen LogP contribution in [0.4, 0.5) is 5.69 Å². The van der Waals surface area contributed by atoms with Gasteiger partial charge in [-0.2, -0.15) is 11.8 Å². The van der Waals surface area contributed by atoms with Gasteiger partial charge < -0.3 is 10.0 Å². The average Bonchev–Trinajstić information content (AvgIpc) is 2.28. The number of aliphatic hydroxyl groups is 1. The van der Waals surface area contributed by atoms with Crippen LogP contribution >= 0.6 is 27.7 Å². The lowest BCUT2D eigenvalue weighted by Gasteiger charge is -2.32. The lowest BCUT2D eigenvalue weighted by Crippen LogP contribution is -2.36. The molecule has 1 aliphatic rings. The summed E-state index contributed by atoms with van der Waals surface area (Å²) in [5.41, 5.74) is 2.20. The average molecular weight is 316 g/mol. The standard InChI is InChI=1S/C13H18BrNOS/c1-9-8-15(5-6-17-9)11-3-4-12(10(2)16)13(14)7-11/h3-4,7,9-10,16H,5-6,8H2,1-2H3. The topological polar surface area (TPSA) is 23.5 Å². The van der Waals surface area contributed by atoms with Crippen LogP contribution in [0.25, 0.3) is 0 Å². The van der Waals surface area contributed by atoms with E-state index in [0.717, 1.165) is 23.1 Å². The molecule has 1 saturated heterocycles. The molecular weight excluding hydrogens is 298 g/mol. The molecule has 2 nitrogen and oxygen atoms in total. The van der Waals surface area contributed by atoms with Crippen molar-refractivity contribution < 1.29 is 5.11 Å². The normalized spacial score (nSPS) is 22.6. The van der Waals surface area contributed by atoms with Gasteiger partial charge in [0.05, 0.1) is 6.10 Å². The second-order valence-corrected chi connectivity index (χ2v) is 6.91. The van der Waals surface area contributed by atoms with Gasteiger partial charge >= 0.3 is 0 Å². The van der Waals surface area contributed by atoms with E-state index in [1.807, 2.05) is 17.8 Å². The molecular formula is C13H18BrNOS. The number of benzene rings is 1. The first-order valence-corrected chi connectivity index (χ1v) is 7.76. The van der Waals surface area contributed by atoms with Crippen molar-refractivity contribution in [1.29, 1.82) is 0 Å². The number of hydrogen-bond acceptors (Lipinski definition) is 3. The molecule has 0 radical (unpaired) electrons. The van der Waals surface area contributed by atoms with Crippen molar-refractivity contribution >= 4 is 33.4 Å². The number of anilines is 1. The highest BCUT2D eigenvalue weighted by Crippen LogP contribution is 2.30. The third-order valence-corrected chi connectivity index (χ3v) is 4.86. The summed E-state index contributed by atoms with van der Waals surface area (Å²) in [5.74, 6) is 1.19. The predicted molar refractivity (Wildman–Crippen MR) is 78.9 cm³/mol. The summed E-state index contributed by atoms with van der Waals surface area (Å²) >= 11 is 5.57. The van der Waals surface area contributed by atoms with E-state index >= 15 is 0 Å². The molecule has 17 heavy (non-hydrogen) atoms. The third-order valence-electron chi connectivity index (χ3n) is 3.04. The third kappa shape index (κ3) is 3.18. The molecule has 4 heteroatoms. The Kier molecular flexibility index (Phi) is 4.39. The molecule has 1 aromatic carbocycles. The monoisotopic (exact) mass is 315 g/mol. The molecule has 2 unspecified atom stereocenters. The van der Waals surface area contributed by atoms with Gasteiger partial charge in [-0.15, -0.1) is 0 Å². The van der Waals surface area contributed by atoms with Gasteiger partial charge in [-0.3, -0.25) is 0 Å². The molecule has 94 valence electrons. The fourth-order valence-electron chi connectivity index (χ4n) is 2.10. The van der Waals surface area contributed by atoms with E-state index in [4.69, 9.17) is 0 Å². The Morgan fingerprint density at radius 1 is 1.53 bits per heavy atom. The maximum atomic E-state index is 9.60. The van der Waals surface area contributed by atoms with Crippen LogP contribution in [-0.2, 0) is 0 Å². The molecule has 1 heterocycles. The highest BCUT2D eigenvalue weighted by Gasteiger charge is 2.18. The first kappa shape index (κ1) is 13.2. The maximum Gasteiger partial charge on any atom is 0.0772 e. The SMILES string of the molecule is CC1CN(c2ccc(C(C)O)c(Br)c2)CCS1. The number of rotatable bonds is 2. The summed E-state index contributed by atoms with van der Waals surface area (Å²) in [6.07, 6.45) is -0.422. The zero-order chi connectivity index (χ0) is 12.4. The van der Waals surface area contributed by atoms with Crippen LogP contribution in [0.15, 0.2) is 22.7 Å². The van der Waals surface area contributed by atoms with Gasteiger partial charge in [-0.25, -0.2) is 0 Å². The lowest BCUT2D eigenvalue weighted by molar-refractivity contribution is 0.198. The molecule has 0 spiro atoms. The molecule has 1 aromatic rings. The molecule has 0 saturated carbocycles. The lowest BCUT2D eigenvalue weighted by atomic mass is 10.1. The quantitative estimate of drug-likeness (QED) is 0.904. The summed E-state index contributed by atoms with van der Waals surface area (Å²) in [7, 11) is 0. The Hall–Kier alpha value is -0.190. The number of halogens is 1. The van der Waals surface area contributed by atoms with Gasteiger partial charge in [0.1, 0.15) is 0 Å². The Morgan fingerprint density at radius 2 is 2.29 bits per heavy atom. The fraction of sp³-hybridized carbons (Fsp3) is 0.538. The Labute approximate surface area is 116 Å². The van der Waals surface area contributed by atoms with Crippen LogP contribution in [0, 0.1) is 0 Å². The van der Waals surface area contributed by atoms with E-state index in [1.54, 1.807) is 6.92 Å². The number of thioether (sulfide) groups is 1. The van der Waals surface area contributed by atoms with Crippen LogP contribution in [0.5, 0.6) is 0 Å². The second kappa shape index (κ2) is 5.63. The van der Waals surface area contributed by atoms with E-state index in [2.05, 4.69) is 39.9 Å². The molecule has 2 atom stereocenters. The van der Waals surface area contributed by atoms with Gasteiger partial charge in [0.15, 0.2) is 0 Å². The summed E-state index contributed by atoms with van der Waals surface area (Å²) in [6, 6.07) is 6.23. The molecule has 0 bridgehead atoms. The minimum Gasteiger partial charge on any atom is -0.389 e. The van der Waals surface area contributed by atoms with E-state index in [1.165, 1.54) is 11.4 Å². The number of nitrogens with zero attached hydrogens (tertiary/aromatic N) is 1. The zero-order valence-electron chi connectivity index (χ0n) is 10.2. The molecule has 0 amide bonds. The van der Waals surface area contributed by atoms with E-state index in [0.29, 0.717) is 5.25 Å². The van der Waals surface area contributed by atoms with E-state index in [9.17, 15) is 5.11 Å². The highest BCUT2D eigenvalue weighted by molar-refractivity contribution is 9.10.